The number of aliphatic carboxylic acids is 1. The predicted molar refractivity (Wildman–Crippen MR) is 122 cm³/mol. The summed E-state index contributed by atoms with van der Waals surface area (Å²) in [5.41, 5.74) is 0.330. The Balaban J connectivity index is 1.92. The van der Waals surface area contributed by atoms with Gasteiger partial charge in [-0.25, -0.2) is 14.3 Å². The predicted octanol–water partition coefficient (Wildman–Crippen LogP) is 5.01. The molecule has 1 atom stereocenters. The van der Waals surface area contributed by atoms with Crippen molar-refractivity contribution in [1.29, 1.82) is 5.26 Å². The van der Waals surface area contributed by atoms with Gasteiger partial charge >= 0.3 is 18.6 Å². The molecule has 1 aromatic heterocycles. The van der Waals surface area contributed by atoms with Crippen molar-refractivity contribution in [1.82, 2.24) is 15.1 Å². The van der Waals surface area contributed by atoms with Gasteiger partial charge in [-0.2, -0.15) is 19.1 Å². The number of alkyl carbamates (subject to hydrolysis) is 1. The van der Waals surface area contributed by atoms with Crippen molar-refractivity contribution < 1.29 is 28.2 Å². The van der Waals surface area contributed by atoms with E-state index >= 15 is 0 Å². The lowest BCUT2D eigenvalue weighted by atomic mass is 9.83. The molecule has 3 aromatic rings. The standard InChI is InChI=1S/C25H22F2N4O4/c1-17(11-12-28)13-25(22(32)33,30-24(34)35-16-18-5-3-2-4-6-18)21-9-7-19(8-10-21)20-14-29-31(15-20)23(26)27/h2-11,14-15,23H,13,16H2,1H3,(H,30,34)(H,32,33)/b17-11-/t25-/m1/s1. The molecule has 0 spiro atoms. The zero-order valence-electron chi connectivity index (χ0n) is 18.7. The van der Waals surface area contributed by atoms with Gasteiger partial charge in [-0.1, -0.05) is 60.2 Å². The van der Waals surface area contributed by atoms with E-state index in [9.17, 15) is 23.5 Å². The van der Waals surface area contributed by atoms with E-state index in [-0.39, 0.29) is 18.6 Å². The number of ether oxygens (including phenoxy) is 1. The molecule has 0 aliphatic rings. The van der Waals surface area contributed by atoms with Crippen LogP contribution < -0.4 is 5.32 Å². The maximum Gasteiger partial charge on any atom is 0.408 e. The van der Waals surface area contributed by atoms with Crippen molar-refractivity contribution in [2.75, 3.05) is 0 Å². The van der Waals surface area contributed by atoms with Crippen LogP contribution in [0, 0.1) is 11.3 Å². The van der Waals surface area contributed by atoms with Crippen molar-refractivity contribution in [3.05, 3.63) is 89.8 Å². The van der Waals surface area contributed by atoms with Gasteiger partial charge < -0.3 is 15.2 Å². The number of nitrogens with one attached hydrogen (secondary N) is 1. The molecule has 10 heteroatoms. The average molecular weight is 480 g/mol. The fourth-order valence-corrected chi connectivity index (χ4v) is 3.52. The second kappa shape index (κ2) is 11.1. The molecule has 0 fully saturated rings. The molecule has 0 bridgehead atoms. The summed E-state index contributed by atoms with van der Waals surface area (Å²) in [4.78, 5) is 25.2. The molecule has 2 aromatic carbocycles. The number of aromatic nitrogens is 2. The lowest BCUT2D eigenvalue weighted by molar-refractivity contribution is -0.145. The first kappa shape index (κ1) is 25.1. The first-order valence-corrected chi connectivity index (χ1v) is 10.5. The van der Waals surface area contributed by atoms with Crippen LogP contribution in [0.4, 0.5) is 13.6 Å². The van der Waals surface area contributed by atoms with Gasteiger partial charge in [0.15, 0.2) is 5.54 Å². The maximum atomic E-state index is 12.8. The third kappa shape index (κ3) is 6.09. The highest BCUT2D eigenvalue weighted by Crippen LogP contribution is 2.32. The van der Waals surface area contributed by atoms with E-state index in [1.807, 2.05) is 12.1 Å². The Hall–Kier alpha value is -4.52. The number of nitriles is 1. The second-order valence-corrected chi connectivity index (χ2v) is 7.76. The van der Waals surface area contributed by atoms with Gasteiger partial charge in [0.2, 0.25) is 0 Å². The van der Waals surface area contributed by atoms with Gasteiger partial charge in [0.25, 0.3) is 0 Å². The molecule has 0 saturated heterocycles. The summed E-state index contributed by atoms with van der Waals surface area (Å²) in [6.07, 6.45) is 2.47. The fraction of sp³-hybridized carbons (Fsp3) is 0.200. The molecule has 3 rings (SSSR count). The number of carbonyl (C=O) groups is 2. The molecule has 8 nitrogen and oxygen atoms in total. The minimum absolute atomic E-state index is 0.0670. The number of carbonyl (C=O) groups excluding carboxylic acids is 1. The first-order valence-electron chi connectivity index (χ1n) is 10.5. The van der Waals surface area contributed by atoms with E-state index in [1.54, 1.807) is 43.3 Å². The molecular formula is C25H22F2N4O4. The number of benzene rings is 2. The van der Waals surface area contributed by atoms with Crippen molar-refractivity contribution in [3.63, 3.8) is 0 Å². The molecule has 0 saturated carbocycles. The van der Waals surface area contributed by atoms with Crippen LogP contribution in [-0.2, 0) is 21.7 Å². The SMILES string of the molecule is C/C(=C/C#N)C[C@](NC(=O)OCc1ccccc1)(C(=O)O)c1ccc(-c2cnn(C(F)F)c2)cc1. The van der Waals surface area contributed by atoms with Gasteiger partial charge in [0, 0.05) is 24.3 Å². The minimum Gasteiger partial charge on any atom is -0.479 e. The number of amides is 1. The summed E-state index contributed by atoms with van der Waals surface area (Å²) in [6.45, 7) is -1.28. The largest absolute Gasteiger partial charge is 0.479 e. The Kier molecular flexibility index (Phi) is 7.94. The topological polar surface area (TPSA) is 117 Å². The van der Waals surface area contributed by atoms with Crippen LogP contribution in [0.3, 0.4) is 0 Å². The number of nitrogens with zero attached hydrogens (tertiary/aromatic N) is 3. The highest BCUT2D eigenvalue weighted by molar-refractivity contribution is 5.86. The molecule has 1 heterocycles. The summed E-state index contributed by atoms with van der Waals surface area (Å²) in [5.74, 6) is -1.36. The van der Waals surface area contributed by atoms with Crippen LogP contribution in [0.25, 0.3) is 11.1 Å². The van der Waals surface area contributed by atoms with Crippen molar-refractivity contribution in [2.24, 2.45) is 0 Å². The highest BCUT2D eigenvalue weighted by Gasteiger charge is 2.43. The fourth-order valence-electron chi connectivity index (χ4n) is 3.52. The van der Waals surface area contributed by atoms with Crippen LogP contribution >= 0.6 is 0 Å². The smallest absolute Gasteiger partial charge is 0.408 e. The lowest BCUT2D eigenvalue weighted by Gasteiger charge is -2.31. The molecular weight excluding hydrogens is 458 g/mol. The Labute approximate surface area is 200 Å². The highest BCUT2D eigenvalue weighted by atomic mass is 19.3. The number of carboxylic acids is 1. The normalized spacial score (nSPS) is 13.1. The van der Waals surface area contributed by atoms with Crippen LogP contribution in [0.5, 0.6) is 0 Å². The molecule has 35 heavy (non-hydrogen) atoms. The minimum atomic E-state index is -2.79. The molecule has 2 N–H and O–H groups in total. The number of alkyl halides is 2. The van der Waals surface area contributed by atoms with Crippen LogP contribution in [0.1, 0.15) is 31.0 Å². The molecule has 0 radical (unpaired) electrons. The Bertz CT molecular complexity index is 1250. The van der Waals surface area contributed by atoms with Crippen LogP contribution in [0.15, 0.2) is 78.6 Å². The molecule has 0 unspecified atom stereocenters. The van der Waals surface area contributed by atoms with E-state index in [0.29, 0.717) is 21.4 Å². The van der Waals surface area contributed by atoms with Crippen molar-refractivity contribution >= 4 is 12.1 Å². The van der Waals surface area contributed by atoms with E-state index in [1.165, 1.54) is 30.6 Å². The van der Waals surface area contributed by atoms with Crippen LogP contribution in [-0.4, -0.2) is 26.9 Å². The number of hydrogen-bond acceptors (Lipinski definition) is 5. The molecule has 0 aliphatic heterocycles. The second-order valence-electron chi connectivity index (χ2n) is 7.76. The summed E-state index contributed by atoms with van der Waals surface area (Å²) in [5, 5.41) is 25.2. The number of carboxylic acid groups (broad SMARTS) is 1. The van der Waals surface area contributed by atoms with Gasteiger partial charge in [0.05, 0.1) is 12.3 Å². The quantitative estimate of drug-likeness (QED) is 0.416. The van der Waals surface area contributed by atoms with Gasteiger partial charge in [0.1, 0.15) is 6.61 Å². The molecule has 180 valence electrons. The molecule has 0 aliphatic carbocycles. The maximum absolute atomic E-state index is 12.8. The molecule has 1 amide bonds. The monoisotopic (exact) mass is 480 g/mol. The zero-order valence-corrected chi connectivity index (χ0v) is 18.7. The summed E-state index contributed by atoms with van der Waals surface area (Å²) < 4.78 is 31.4. The third-order valence-corrected chi connectivity index (χ3v) is 5.26. The zero-order chi connectivity index (χ0) is 25.4. The van der Waals surface area contributed by atoms with Gasteiger partial charge in [-0.05, 0) is 23.6 Å². The van der Waals surface area contributed by atoms with E-state index < -0.39 is 24.2 Å². The summed E-state index contributed by atoms with van der Waals surface area (Å²) in [6, 6.07) is 16.8. The third-order valence-electron chi connectivity index (χ3n) is 5.26. The van der Waals surface area contributed by atoms with Gasteiger partial charge in [-0.3, -0.25) is 0 Å². The number of rotatable bonds is 9. The van der Waals surface area contributed by atoms with E-state index in [4.69, 9.17) is 10.00 Å². The number of halogens is 2. The Morgan fingerprint density at radius 2 is 1.89 bits per heavy atom. The van der Waals surface area contributed by atoms with Crippen molar-refractivity contribution in [3.8, 4) is 17.2 Å². The van der Waals surface area contributed by atoms with E-state index in [0.717, 1.165) is 5.56 Å². The average Bonchev–Trinajstić information content (AvgIpc) is 3.34. The first-order chi connectivity index (χ1) is 16.7. The number of allylic oxidation sites excluding steroid dienone is 1. The Morgan fingerprint density at radius 1 is 1.20 bits per heavy atom. The van der Waals surface area contributed by atoms with Crippen LogP contribution in [0.2, 0.25) is 0 Å². The summed E-state index contributed by atoms with van der Waals surface area (Å²) in [7, 11) is 0. The number of hydrogen-bond donors (Lipinski definition) is 2. The van der Waals surface area contributed by atoms with E-state index in [2.05, 4.69) is 10.4 Å². The van der Waals surface area contributed by atoms with Gasteiger partial charge in [-0.15, -0.1) is 0 Å². The lowest BCUT2D eigenvalue weighted by Crippen LogP contribution is -2.52. The summed E-state index contributed by atoms with van der Waals surface area (Å²) >= 11 is 0. The Morgan fingerprint density at radius 3 is 2.46 bits per heavy atom. The van der Waals surface area contributed by atoms with Crippen molar-refractivity contribution in [2.45, 2.75) is 32.0 Å².